The third kappa shape index (κ3) is 1.17. The maximum absolute atomic E-state index is 5.71. The van der Waals surface area contributed by atoms with Crippen molar-refractivity contribution in [1.82, 2.24) is 4.98 Å². The first kappa shape index (κ1) is 6.88. The molecular formula is C7H3ClNOS. The Balaban J connectivity index is 2.82. The number of fused-ring (bicyclic) bond motifs is 1. The van der Waals surface area contributed by atoms with Crippen LogP contribution in [0.5, 0.6) is 0 Å². The molecule has 0 aliphatic heterocycles. The number of benzene rings is 1. The standard InChI is InChI=1S/C7H3ClNOS/c8-4-1-2-6-5(3-4)9-7(11)10-6/h1-3H. The van der Waals surface area contributed by atoms with Crippen LogP contribution in [0.1, 0.15) is 0 Å². The predicted molar refractivity (Wildman–Crippen MR) is 44.9 cm³/mol. The van der Waals surface area contributed by atoms with Crippen molar-refractivity contribution in [2.75, 3.05) is 0 Å². The van der Waals surface area contributed by atoms with E-state index in [0.29, 0.717) is 16.1 Å². The molecule has 2 nitrogen and oxygen atoms in total. The lowest BCUT2D eigenvalue weighted by Gasteiger charge is -1.85. The summed E-state index contributed by atoms with van der Waals surface area (Å²) in [5, 5.41) is 0.892. The smallest absolute Gasteiger partial charge is 0.289 e. The third-order valence-electron chi connectivity index (χ3n) is 1.33. The molecule has 0 atom stereocenters. The Morgan fingerprint density at radius 3 is 3.09 bits per heavy atom. The van der Waals surface area contributed by atoms with Crippen molar-refractivity contribution in [2.45, 2.75) is 5.22 Å². The van der Waals surface area contributed by atoms with Crippen molar-refractivity contribution in [2.24, 2.45) is 0 Å². The molecule has 4 heteroatoms. The summed E-state index contributed by atoms with van der Waals surface area (Å²) in [6.07, 6.45) is 0. The fraction of sp³-hybridized carbons (Fsp3) is 0. The molecule has 0 saturated heterocycles. The van der Waals surface area contributed by atoms with Gasteiger partial charge in [0.25, 0.3) is 5.22 Å². The number of aromatic nitrogens is 1. The van der Waals surface area contributed by atoms with Crippen LogP contribution >= 0.6 is 24.2 Å². The molecule has 1 aromatic carbocycles. The minimum absolute atomic E-state index is 0.252. The fourth-order valence-electron chi connectivity index (χ4n) is 0.879. The summed E-state index contributed by atoms with van der Waals surface area (Å²) in [5.74, 6) is 0. The van der Waals surface area contributed by atoms with Gasteiger partial charge < -0.3 is 4.42 Å². The maximum Gasteiger partial charge on any atom is 0.289 e. The van der Waals surface area contributed by atoms with Crippen LogP contribution in [0.3, 0.4) is 0 Å². The molecule has 11 heavy (non-hydrogen) atoms. The van der Waals surface area contributed by atoms with Gasteiger partial charge in [0.1, 0.15) is 5.52 Å². The van der Waals surface area contributed by atoms with Crippen molar-refractivity contribution in [3.63, 3.8) is 0 Å². The van der Waals surface area contributed by atoms with Crippen molar-refractivity contribution < 1.29 is 4.42 Å². The Morgan fingerprint density at radius 2 is 2.27 bits per heavy atom. The van der Waals surface area contributed by atoms with Crippen molar-refractivity contribution in [3.8, 4) is 0 Å². The van der Waals surface area contributed by atoms with Crippen LogP contribution in [0, 0.1) is 0 Å². The van der Waals surface area contributed by atoms with E-state index in [1.807, 2.05) is 0 Å². The maximum atomic E-state index is 5.71. The molecule has 0 amide bonds. The van der Waals surface area contributed by atoms with Gasteiger partial charge in [-0.15, -0.1) is 0 Å². The van der Waals surface area contributed by atoms with E-state index in [0.717, 1.165) is 0 Å². The Hall–Kier alpha value is -0.800. The Labute approximate surface area is 73.6 Å². The Bertz CT molecular complexity index is 398. The van der Waals surface area contributed by atoms with E-state index in [1.54, 1.807) is 18.2 Å². The lowest BCUT2D eigenvalue weighted by atomic mass is 10.3. The van der Waals surface area contributed by atoms with Crippen LogP contribution in [0.15, 0.2) is 27.8 Å². The third-order valence-corrected chi connectivity index (χ3v) is 1.74. The van der Waals surface area contributed by atoms with Gasteiger partial charge in [0.2, 0.25) is 0 Å². The molecular weight excluding hydrogens is 182 g/mol. The summed E-state index contributed by atoms with van der Waals surface area (Å²) >= 11 is 10.4. The van der Waals surface area contributed by atoms with E-state index in [2.05, 4.69) is 4.98 Å². The number of rotatable bonds is 0. The zero-order chi connectivity index (χ0) is 7.84. The van der Waals surface area contributed by atoms with Gasteiger partial charge >= 0.3 is 0 Å². The molecule has 1 aromatic heterocycles. The zero-order valence-electron chi connectivity index (χ0n) is 5.37. The van der Waals surface area contributed by atoms with Gasteiger partial charge in [-0.3, -0.25) is 0 Å². The quantitative estimate of drug-likeness (QED) is 0.629. The van der Waals surface area contributed by atoms with Gasteiger partial charge in [-0.2, -0.15) is 4.98 Å². The lowest BCUT2D eigenvalue weighted by molar-refractivity contribution is 0.492. The SMILES string of the molecule is [S]c1nc2cc(Cl)ccc2o1. The summed E-state index contributed by atoms with van der Waals surface area (Å²) in [5.41, 5.74) is 1.39. The molecule has 0 spiro atoms. The fourth-order valence-corrected chi connectivity index (χ4v) is 1.23. The summed E-state index contributed by atoms with van der Waals surface area (Å²) < 4.78 is 5.07. The largest absolute Gasteiger partial charge is 0.428 e. The van der Waals surface area contributed by atoms with Crippen molar-refractivity contribution >= 4 is 35.3 Å². The van der Waals surface area contributed by atoms with Gasteiger partial charge in [-0.25, -0.2) is 0 Å². The molecule has 2 rings (SSSR count). The van der Waals surface area contributed by atoms with E-state index < -0.39 is 0 Å². The highest BCUT2D eigenvalue weighted by Crippen LogP contribution is 2.20. The van der Waals surface area contributed by atoms with Crippen LogP contribution in [-0.2, 0) is 0 Å². The molecule has 0 unspecified atom stereocenters. The average Bonchev–Trinajstić information content (AvgIpc) is 2.27. The second-order valence-electron chi connectivity index (χ2n) is 2.09. The number of hydrogen-bond donors (Lipinski definition) is 0. The minimum Gasteiger partial charge on any atom is -0.428 e. The number of nitrogens with zero attached hydrogens (tertiary/aromatic N) is 1. The van der Waals surface area contributed by atoms with Gasteiger partial charge in [0.05, 0.1) is 0 Å². The zero-order valence-corrected chi connectivity index (χ0v) is 6.95. The van der Waals surface area contributed by atoms with Crippen LogP contribution in [0.4, 0.5) is 0 Å². The van der Waals surface area contributed by atoms with Crippen LogP contribution in [0.2, 0.25) is 5.02 Å². The molecule has 0 aliphatic carbocycles. The first-order valence-corrected chi connectivity index (χ1v) is 3.77. The van der Waals surface area contributed by atoms with E-state index in [4.69, 9.17) is 28.6 Å². The van der Waals surface area contributed by atoms with Gasteiger partial charge in [0, 0.05) is 5.02 Å². The van der Waals surface area contributed by atoms with Gasteiger partial charge in [-0.05, 0) is 30.8 Å². The molecule has 0 fully saturated rings. The molecule has 0 aliphatic rings. The summed E-state index contributed by atoms with van der Waals surface area (Å²) in [7, 11) is 0. The lowest BCUT2D eigenvalue weighted by Crippen LogP contribution is -1.66. The minimum atomic E-state index is 0.252. The Morgan fingerprint density at radius 1 is 1.45 bits per heavy atom. The molecule has 1 heterocycles. The molecule has 0 saturated carbocycles. The van der Waals surface area contributed by atoms with Gasteiger partial charge in [-0.1, -0.05) is 11.6 Å². The highest BCUT2D eigenvalue weighted by molar-refractivity contribution is 7.80. The van der Waals surface area contributed by atoms with Crippen LogP contribution in [-0.4, -0.2) is 4.98 Å². The van der Waals surface area contributed by atoms with E-state index in [9.17, 15) is 0 Å². The average molecular weight is 185 g/mol. The van der Waals surface area contributed by atoms with Gasteiger partial charge in [0.15, 0.2) is 5.58 Å². The van der Waals surface area contributed by atoms with Crippen LogP contribution < -0.4 is 0 Å². The second kappa shape index (κ2) is 2.36. The summed E-state index contributed by atoms with van der Waals surface area (Å²) in [6.45, 7) is 0. The topological polar surface area (TPSA) is 26.0 Å². The predicted octanol–water partition coefficient (Wildman–Crippen LogP) is 3.04. The number of halogens is 1. The van der Waals surface area contributed by atoms with E-state index in [1.165, 1.54) is 0 Å². The van der Waals surface area contributed by atoms with Crippen molar-refractivity contribution in [3.05, 3.63) is 23.2 Å². The summed E-state index contributed by atoms with van der Waals surface area (Å²) in [6, 6.07) is 5.21. The van der Waals surface area contributed by atoms with Crippen LogP contribution in [0.25, 0.3) is 11.1 Å². The number of hydrogen-bond acceptors (Lipinski definition) is 2. The molecule has 0 N–H and O–H groups in total. The molecule has 2 aromatic rings. The first-order chi connectivity index (χ1) is 5.25. The van der Waals surface area contributed by atoms with E-state index >= 15 is 0 Å². The number of oxazole rings is 1. The molecule has 55 valence electrons. The highest BCUT2D eigenvalue weighted by Gasteiger charge is 2.01. The normalized spacial score (nSPS) is 10.6. The first-order valence-electron chi connectivity index (χ1n) is 2.99. The molecule has 1 radical (unpaired) electrons. The monoisotopic (exact) mass is 184 g/mol. The van der Waals surface area contributed by atoms with Crippen molar-refractivity contribution in [1.29, 1.82) is 0 Å². The molecule has 0 bridgehead atoms. The highest BCUT2D eigenvalue weighted by atomic mass is 35.5. The second-order valence-corrected chi connectivity index (χ2v) is 2.88. The summed E-state index contributed by atoms with van der Waals surface area (Å²) in [4.78, 5) is 3.94. The Kier molecular flexibility index (Phi) is 1.47. The van der Waals surface area contributed by atoms with E-state index in [-0.39, 0.29) is 5.22 Å².